The maximum atomic E-state index is 11.8. The standard InChI is InChI=1S/C16H25N3O/c1-12(2)9-10-19(14-7-8-14)11-13-5-3-4-6-15(13)16(20)18-17/h3-6,12,14H,7-11,17H2,1-2H3,(H,18,20). The average molecular weight is 275 g/mol. The second-order valence-corrected chi connectivity index (χ2v) is 6.01. The van der Waals surface area contributed by atoms with Crippen LogP contribution in [0.3, 0.4) is 0 Å². The fourth-order valence-corrected chi connectivity index (χ4v) is 2.43. The number of benzene rings is 1. The molecule has 0 aliphatic heterocycles. The largest absolute Gasteiger partial charge is 0.296 e. The molecule has 1 fully saturated rings. The first kappa shape index (κ1) is 15.0. The molecule has 0 heterocycles. The van der Waals surface area contributed by atoms with Crippen molar-refractivity contribution in [2.24, 2.45) is 11.8 Å². The highest BCUT2D eigenvalue weighted by Gasteiger charge is 2.29. The molecule has 20 heavy (non-hydrogen) atoms. The summed E-state index contributed by atoms with van der Waals surface area (Å²) in [6, 6.07) is 8.42. The molecular weight excluding hydrogens is 250 g/mol. The minimum atomic E-state index is -0.208. The Kier molecular flexibility index (Phi) is 5.15. The third kappa shape index (κ3) is 4.05. The molecule has 3 N–H and O–H groups in total. The minimum absolute atomic E-state index is 0.208. The van der Waals surface area contributed by atoms with E-state index in [-0.39, 0.29) is 5.91 Å². The van der Waals surface area contributed by atoms with E-state index in [1.54, 1.807) is 0 Å². The van der Waals surface area contributed by atoms with Gasteiger partial charge in [-0.25, -0.2) is 5.84 Å². The van der Waals surface area contributed by atoms with E-state index in [0.717, 1.165) is 18.7 Å². The van der Waals surface area contributed by atoms with Crippen LogP contribution in [0.1, 0.15) is 49.0 Å². The minimum Gasteiger partial charge on any atom is -0.296 e. The predicted octanol–water partition coefficient (Wildman–Crippen LogP) is 2.30. The van der Waals surface area contributed by atoms with Crippen LogP contribution in [-0.2, 0) is 6.54 Å². The number of nitrogens with two attached hydrogens (primary N) is 1. The lowest BCUT2D eigenvalue weighted by atomic mass is 10.1. The molecule has 1 aliphatic rings. The molecule has 2 rings (SSSR count). The molecule has 0 bridgehead atoms. The van der Waals surface area contributed by atoms with Crippen molar-refractivity contribution in [2.75, 3.05) is 6.54 Å². The van der Waals surface area contributed by atoms with E-state index >= 15 is 0 Å². The lowest BCUT2D eigenvalue weighted by Gasteiger charge is -2.24. The third-order valence-corrected chi connectivity index (χ3v) is 3.82. The molecule has 0 unspecified atom stereocenters. The molecule has 1 aromatic rings. The van der Waals surface area contributed by atoms with Gasteiger partial charge in [-0.2, -0.15) is 0 Å². The molecule has 0 radical (unpaired) electrons. The lowest BCUT2D eigenvalue weighted by Crippen LogP contribution is -2.33. The van der Waals surface area contributed by atoms with Gasteiger partial charge in [0.2, 0.25) is 0 Å². The van der Waals surface area contributed by atoms with Gasteiger partial charge in [0.15, 0.2) is 0 Å². The number of carbonyl (C=O) groups excluding carboxylic acids is 1. The second kappa shape index (κ2) is 6.86. The van der Waals surface area contributed by atoms with Crippen LogP contribution in [0.2, 0.25) is 0 Å². The quantitative estimate of drug-likeness (QED) is 0.456. The Morgan fingerprint density at radius 1 is 1.40 bits per heavy atom. The summed E-state index contributed by atoms with van der Waals surface area (Å²) in [6.07, 6.45) is 3.76. The molecule has 0 spiro atoms. The zero-order valence-electron chi connectivity index (χ0n) is 12.4. The average Bonchev–Trinajstić information content (AvgIpc) is 3.27. The summed E-state index contributed by atoms with van der Waals surface area (Å²) in [5, 5.41) is 0. The van der Waals surface area contributed by atoms with Gasteiger partial charge >= 0.3 is 0 Å². The Bertz CT molecular complexity index is 455. The van der Waals surface area contributed by atoms with Crippen molar-refractivity contribution in [3.8, 4) is 0 Å². The van der Waals surface area contributed by atoms with Crippen molar-refractivity contribution in [3.05, 3.63) is 35.4 Å². The van der Waals surface area contributed by atoms with E-state index in [2.05, 4.69) is 24.2 Å². The molecule has 1 saturated carbocycles. The Hall–Kier alpha value is -1.39. The fourth-order valence-electron chi connectivity index (χ4n) is 2.43. The molecule has 4 heteroatoms. The van der Waals surface area contributed by atoms with Crippen LogP contribution in [0.5, 0.6) is 0 Å². The van der Waals surface area contributed by atoms with Crippen molar-refractivity contribution in [1.29, 1.82) is 0 Å². The van der Waals surface area contributed by atoms with Gasteiger partial charge in [-0.05, 0) is 43.4 Å². The fraction of sp³-hybridized carbons (Fsp3) is 0.562. The van der Waals surface area contributed by atoms with Crippen molar-refractivity contribution in [3.63, 3.8) is 0 Å². The first-order valence-corrected chi connectivity index (χ1v) is 7.44. The summed E-state index contributed by atoms with van der Waals surface area (Å²) in [5.41, 5.74) is 3.98. The highest BCUT2D eigenvalue weighted by atomic mass is 16.2. The van der Waals surface area contributed by atoms with Crippen molar-refractivity contribution >= 4 is 5.91 Å². The van der Waals surface area contributed by atoms with Crippen LogP contribution in [0.25, 0.3) is 0 Å². The van der Waals surface area contributed by atoms with Crippen molar-refractivity contribution < 1.29 is 4.79 Å². The number of carbonyl (C=O) groups is 1. The van der Waals surface area contributed by atoms with Crippen LogP contribution in [-0.4, -0.2) is 23.4 Å². The van der Waals surface area contributed by atoms with Gasteiger partial charge in [0.25, 0.3) is 5.91 Å². The molecule has 1 aliphatic carbocycles. The Balaban J connectivity index is 2.08. The molecule has 0 atom stereocenters. The van der Waals surface area contributed by atoms with Crippen LogP contribution in [0, 0.1) is 5.92 Å². The molecule has 4 nitrogen and oxygen atoms in total. The van der Waals surface area contributed by atoms with E-state index in [1.807, 2.05) is 24.3 Å². The molecule has 1 amide bonds. The summed E-state index contributed by atoms with van der Waals surface area (Å²) >= 11 is 0. The topological polar surface area (TPSA) is 58.4 Å². The Labute approximate surface area is 121 Å². The van der Waals surface area contributed by atoms with Gasteiger partial charge in [0, 0.05) is 18.2 Å². The molecule has 0 aromatic heterocycles. The Morgan fingerprint density at radius 3 is 2.70 bits per heavy atom. The highest BCUT2D eigenvalue weighted by molar-refractivity contribution is 5.95. The molecular formula is C16H25N3O. The number of hydrogen-bond acceptors (Lipinski definition) is 3. The smallest absolute Gasteiger partial charge is 0.265 e. The van der Waals surface area contributed by atoms with Gasteiger partial charge in [0.1, 0.15) is 0 Å². The summed E-state index contributed by atoms with van der Waals surface area (Å²) in [6.45, 7) is 6.43. The number of nitrogen functional groups attached to an aromatic ring is 1. The number of hydrogen-bond donors (Lipinski definition) is 2. The highest BCUT2D eigenvalue weighted by Crippen LogP contribution is 2.29. The van der Waals surface area contributed by atoms with Gasteiger partial charge in [0.05, 0.1) is 0 Å². The van der Waals surface area contributed by atoms with Crippen LogP contribution < -0.4 is 11.3 Å². The first-order chi connectivity index (χ1) is 9.61. The Morgan fingerprint density at radius 2 is 2.10 bits per heavy atom. The zero-order valence-corrected chi connectivity index (χ0v) is 12.4. The number of rotatable bonds is 7. The SMILES string of the molecule is CC(C)CCN(Cc1ccccc1C(=O)NN)C1CC1. The van der Waals surface area contributed by atoms with Gasteiger partial charge < -0.3 is 0 Å². The number of nitrogens with zero attached hydrogens (tertiary/aromatic N) is 1. The normalized spacial score (nSPS) is 14.8. The monoisotopic (exact) mass is 275 g/mol. The first-order valence-electron chi connectivity index (χ1n) is 7.44. The molecule has 110 valence electrons. The van der Waals surface area contributed by atoms with E-state index in [9.17, 15) is 4.79 Å². The van der Waals surface area contributed by atoms with Gasteiger partial charge in [-0.15, -0.1) is 0 Å². The second-order valence-electron chi connectivity index (χ2n) is 6.01. The number of nitrogens with one attached hydrogen (secondary N) is 1. The van der Waals surface area contributed by atoms with Crippen LogP contribution >= 0.6 is 0 Å². The summed E-state index contributed by atoms with van der Waals surface area (Å²) in [5.74, 6) is 5.76. The van der Waals surface area contributed by atoms with Crippen molar-refractivity contribution in [2.45, 2.75) is 45.7 Å². The third-order valence-electron chi connectivity index (χ3n) is 3.82. The van der Waals surface area contributed by atoms with Gasteiger partial charge in [-0.1, -0.05) is 32.0 Å². The number of hydrazine groups is 1. The molecule has 0 saturated heterocycles. The van der Waals surface area contributed by atoms with Gasteiger partial charge in [-0.3, -0.25) is 15.1 Å². The van der Waals surface area contributed by atoms with Crippen LogP contribution in [0.4, 0.5) is 0 Å². The lowest BCUT2D eigenvalue weighted by molar-refractivity contribution is 0.0951. The maximum absolute atomic E-state index is 11.8. The van der Waals surface area contributed by atoms with E-state index in [4.69, 9.17) is 5.84 Å². The van der Waals surface area contributed by atoms with Crippen molar-refractivity contribution in [1.82, 2.24) is 10.3 Å². The maximum Gasteiger partial charge on any atom is 0.265 e. The van der Waals surface area contributed by atoms with E-state index in [0.29, 0.717) is 17.5 Å². The zero-order chi connectivity index (χ0) is 14.5. The van der Waals surface area contributed by atoms with Crippen LogP contribution in [0.15, 0.2) is 24.3 Å². The number of amides is 1. The molecule has 1 aromatic carbocycles. The predicted molar refractivity (Wildman–Crippen MR) is 81.0 cm³/mol. The summed E-state index contributed by atoms with van der Waals surface area (Å²) in [4.78, 5) is 14.3. The summed E-state index contributed by atoms with van der Waals surface area (Å²) in [7, 11) is 0. The van der Waals surface area contributed by atoms with E-state index < -0.39 is 0 Å². The van der Waals surface area contributed by atoms with E-state index in [1.165, 1.54) is 19.3 Å². The summed E-state index contributed by atoms with van der Waals surface area (Å²) < 4.78 is 0.